The lowest BCUT2D eigenvalue weighted by Gasteiger charge is -2.14. The Bertz CT molecular complexity index is 433. The first-order chi connectivity index (χ1) is 8.86. The predicted molar refractivity (Wildman–Crippen MR) is 74.6 cm³/mol. The summed E-state index contributed by atoms with van der Waals surface area (Å²) in [6.07, 6.45) is 2.70. The highest BCUT2D eigenvalue weighted by molar-refractivity contribution is 5.85. The van der Waals surface area contributed by atoms with Crippen LogP contribution in [0.5, 0.6) is 11.5 Å². The van der Waals surface area contributed by atoms with Crippen LogP contribution in [0.25, 0.3) is 6.08 Å². The summed E-state index contributed by atoms with van der Waals surface area (Å²) in [4.78, 5) is 10.5. The smallest absolute Gasteiger partial charge is 0.328 e. The van der Waals surface area contributed by atoms with E-state index in [1.165, 1.54) is 6.08 Å². The SMILES string of the molecule is CC(C)Oc1cc(C=CC(=O)O)cc(OC(C)C)c1. The van der Waals surface area contributed by atoms with Crippen molar-refractivity contribution in [3.63, 3.8) is 0 Å². The lowest BCUT2D eigenvalue weighted by atomic mass is 10.2. The predicted octanol–water partition coefficient (Wildman–Crippen LogP) is 3.36. The summed E-state index contributed by atoms with van der Waals surface area (Å²) < 4.78 is 11.2. The lowest BCUT2D eigenvalue weighted by molar-refractivity contribution is -0.131. The van der Waals surface area contributed by atoms with Gasteiger partial charge in [0.15, 0.2) is 0 Å². The van der Waals surface area contributed by atoms with E-state index in [9.17, 15) is 4.79 Å². The van der Waals surface area contributed by atoms with E-state index >= 15 is 0 Å². The van der Waals surface area contributed by atoms with Crippen molar-refractivity contribution in [2.45, 2.75) is 39.9 Å². The Balaban J connectivity index is 3.04. The van der Waals surface area contributed by atoms with Crippen molar-refractivity contribution in [3.8, 4) is 11.5 Å². The van der Waals surface area contributed by atoms with Crippen molar-refractivity contribution in [2.75, 3.05) is 0 Å². The fourth-order valence-corrected chi connectivity index (χ4v) is 1.54. The first-order valence-electron chi connectivity index (χ1n) is 6.26. The minimum atomic E-state index is -0.985. The Morgan fingerprint density at radius 1 is 1.05 bits per heavy atom. The molecule has 0 aliphatic rings. The van der Waals surface area contributed by atoms with Crippen LogP contribution < -0.4 is 9.47 Å². The van der Waals surface area contributed by atoms with Crippen molar-refractivity contribution in [3.05, 3.63) is 29.8 Å². The third-order valence-electron chi connectivity index (χ3n) is 2.06. The van der Waals surface area contributed by atoms with E-state index in [0.29, 0.717) is 11.5 Å². The van der Waals surface area contributed by atoms with Gasteiger partial charge in [-0.2, -0.15) is 0 Å². The van der Waals surface area contributed by atoms with Gasteiger partial charge in [0.25, 0.3) is 0 Å². The molecule has 0 saturated carbocycles. The number of hydrogen-bond donors (Lipinski definition) is 1. The number of benzene rings is 1. The first-order valence-corrected chi connectivity index (χ1v) is 6.26. The molecule has 0 spiro atoms. The maximum absolute atomic E-state index is 10.5. The molecule has 104 valence electrons. The van der Waals surface area contributed by atoms with Crippen LogP contribution in [0.15, 0.2) is 24.3 Å². The maximum Gasteiger partial charge on any atom is 0.328 e. The van der Waals surface area contributed by atoms with Gasteiger partial charge < -0.3 is 14.6 Å². The molecular formula is C15H20O4. The topological polar surface area (TPSA) is 55.8 Å². The number of ether oxygens (including phenoxy) is 2. The van der Waals surface area contributed by atoms with Crippen LogP contribution in [0.3, 0.4) is 0 Å². The van der Waals surface area contributed by atoms with Crippen molar-refractivity contribution >= 4 is 12.0 Å². The second kappa shape index (κ2) is 6.83. The Labute approximate surface area is 113 Å². The number of carboxylic acids is 1. The third kappa shape index (κ3) is 5.95. The zero-order chi connectivity index (χ0) is 14.4. The fraction of sp³-hybridized carbons (Fsp3) is 0.400. The monoisotopic (exact) mass is 264 g/mol. The van der Waals surface area contributed by atoms with Gasteiger partial charge in [0, 0.05) is 12.1 Å². The van der Waals surface area contributed by atoms with Crippen LogP contribution in [-0.4, -0.2) is 23.3 Å². The molecule has 19 heavy (non-hydrogen) atoms. The van der Waals surface area contributed by atoms with Gasteiger partial charge in [-0.1, -0.05) is 0 Å². The minimum Gasteiger partial charge on any atom is -0.491 e. The second-order valence-electron chi connectivity index (χ2n) is 4.74. The molecule has 0 aromatic heterocycles. The summed E-state index contributed by atoms with van der Waals surface area (Å²) in [5, 5.41) is 8.65. The summed E-state index contributed by atoms with van der Waals surface area (Å²) in [6.45, 7) is 7.73. The molecule has 0 fully saturated rings. The van der Waals surface area contributed by atoms with E-state index in [1.807, 2.05) is 27.7 Å². The molecule has 0 amide bonds. The quantitative estimate of drug-likeness (QED) is 0.800. The minimum absolute atomic E-state index is 0.0469. The van der Waals surface area contributed by atoms with Crippen LogP contribution in [0.4, 0.5) is 0 Å². The molecule has 4 nitrogen and oxygen atoms in total. The van der Waals surface area contributed by atoms with Gasteiger partial charge in [-0.3, -0.25) is 0 Å². The van der Waals surface area contributed by atoms with E-state index in [2.05, 4.69) is 0 Å². The summed E-state index contributed by atoms with van der Waals surface area (Å²) in [5.41, 5.74) is 0.733. The molecule has 1 N–H and O–H groups in total. The lowest BCUT2D eigenvalue weighted by Crippen LogP contribution is -2.08. The number of carbonyl (C=O) groups is 1. The van der Waals surface area contributed by atoms with Crippen molar-refractivity contribution < 1.29 is 19.4 Å². The highest BCUT2D eigenvalue weighted by Gasteiger charge is 2.05. The fourth-order valence-electron chi connectivity index (χ4n) is 1.54. The van der Waals surface area contributed by atoms with Gasteiger partial charge in [0.05, 0.1) is 12.2 Å². The zero-order valence-electron chi connectivity index (χ0n) is 11.7. The van der Waals surface area contributed by atoms with Crippen LogP contribution >= 0.6 is 0 Å². The highest BCUT2D eigenvalue weighted by Crippen LogP contribution is 2.25. The summed E-state index contributed by atoms with van der Waals surface area (Å²) >= 11 is 0. The average Bonchev–Trinajstić information content (AvgIpc) is 2.24. The summed E-state index contributed by atoms with van der Waals surface area (Å²) in [7, 11) is 0. The van der Waals surface area contributed by atoms with E-state index in [-0.39, 0.29) is 12.2 Å². The largest absolute Gasteiger partial charge is 0.491 e. The molecule has 0 aliphatic carbocycles. The summed E-state index contributed by atoms with van der Waals surface area (Å²) in [5.74, 6) is 0.345. The average molecular weight is 264 g/mol. The number of carboxylic acid groups (broad SMARTS) is 1. The molecule has 0 saturated heterocycles. The molecule has 1 aromatic carbocycles. The maximum atomic E-state index is 10.5. The number of hydrogen-bond acceptors (Lipinski definition) is 3. The Kier molecular flexibility index (Phi) is 5.42. The van der Waals surface area contributed by atoms with Crippen molar-refractivity contribution in [1.29, 1.82) is 0 Å². The molecule has 0 bridgehead atoms. The first kappa shape index (κ1) is 15.1. The molecule has 1 aromatic rings. The zero-order valence-corrected chi connectivity index (χ0v) is 11.7. The van der Waals surface area contributed by atoms with Crippen LogP contribution in [0, 0.1) is 0 Å². The molecular weight excluding hydrogens is 244 g/mol. The van der Waals surface area contributed by atoms with Crippen LogP contribution in [0.1, 0.15) is 33.3 Å². The normalized spacial score (nSPS) is 11.3. The van der Waals surface area contributed by atoms with E-state index in [4.69, 9.17) is 14.6 Å². The third-order valence-corrected chi connectivity index (χ3v) is 2.06. The Hall–Kier alpha value is -1.97. The van der Waals surface area contributed by atoms with Gasteiger partial charge in [-0.25, -0.2) is 4.79 Å². The molecule has 0 radical (unpaired) electrons. The second-order valence-corrected chi connectivity index (χ2v) is 4.74. The Morgan fingerprint density at radius 2 is 1.53 bits per heavy atom. The van der Waals surface area contributed by atoms with Gasteiger partial charge in [0.2, 0.25) is 0 Å². The van der Waals surface area contributed by atoms with Gasteiger partial charge in [0.1, 0.15) is 11.5 Å². The van der Waals surface area contributed by atoms with Gasteiger partial charge >= 0.3 is 5.97 Å². The van der Waals surface area contributed by atoms with Crippen molar-refractivity contribution in [2.24, 2.45) is 0 Å². The molecule has 0 aliphatic heterocycles. The van der Waals surface area contributed by atoms with Crippen LogP contribution in [-0.2, 0) is 4.79 Å². The van der Waals surface area contributed by atoms with Crippen molar-refractivity contribution in [1.82, 2.24) is 0 Å². The van der Waals surface area contributed by atoms with Gasteiger partial charge in [-0.05, 0) is 51.5 Å². The number of rotatable bonds is 6. The van der Waals surface area contributed by atoms with Crippen LogP contribution in [0.2, 0.25) is 0 Å². The van der Waals surface area contributed by atoms with Gasteiger partial charge in [-0.15, -0.1) is 0 Å². The molecule has 0 atom stereocenters. The Morgan fingerprint density at radius 3 is 1.89 bits per heavy atom. The van der Waals surface area contributed by atoms with E-state index in [1.54, 1.807) is 18.2 Å². The molecule has 0 unspecified atom stereocenters. The molecule has 0 heterocycles. The number of aliphatic carboxylic acids is 1. The molecule has 4 heteroatoms. The summed E-state index contributed by atoms with van der Waals surface area (Å²) in [6, 6.07) is 5.37. The molecule has 1 rings (SSSR count). The van der Waals surface area contributed by atoms with E-state index in [0.717, 1.165) is 11.6 Å². The standard InChI is InChI=1S/C15H20O4/c1-10(2)18-13-7-12(5-6-15(16)17)8-14(9-13)19-11(3)4/h5-11H,1-4H3,(H,16,17). The highest BCUT2D eigenvalue weighted by atomic mass is 16.5. The van der Waals surface area contributed by atoms with E-state index < -0.39 is 5.97 Å².